The van der Waals surface area contributed by atoms with Crippen molar-refractivity contribution in [3.63, 3.8) is 0 Å². The van der Waals surface area contributed by atoms with Gasteiger partial charge in [-0.25, -0.2) is 0 Å². The van der Waals surface area contributed by atoms with Gasteiger partial charge in [-0.15, -0.1) is 0 Å². The van der Waals surface area contributed by atoms with Crippen LogP contribution in [-0.4, -0.2) is 59.2 Å². The molecule has 7 nitrogen and oxygen atoms in total. The first kappa shape index (κ1) is 20.0. The molecule has 1 aliphatic carbocycles. The molecule has 1 aliphatic heterocycles. The fraction of sp³-hybridized carbons (Fsp3) is 0.800. The van der Waals surface area contributed by atoms with Crippen molar-refractivity contribution >= 4 is 11.6 Å². The van der Waals surface area contributed by atoms with Crippen molar-refractivity contribution in [2.24, 2.45) is 17.5 Å². The zero-order valence-electron chi connectivity index (χ0n) is 17.1. The molecule has 0 spiro atoms. The number of aliphatic hydroxyl groups is 1. The second-order valence-corrected chi connectivity index (χ2v) is 8.41. The number of piperidine rings is 1. The number of nitrogens with zero attached hydrogens (tertiary/aromatic N) is 4. The Labute approximate surface area is 163 Å². The predicted molar refractivity (Wildman–Crippen MR) is 110 cm³/mol. The van der Waals surface area contributed by atoms with Crippen LogP contribution in [0.3, 0.4) is 0 Å². The molecule has 3 N–H and O–H groups in total. The maximum atomic E-state index is 10.4. The maximum absolute atomic E-state index is 10.4. The van der Waals surface area contributed by atoms with Gasteiger partial charge in [-0.1, -0.05) is 19.8 Å². The fourth-order valence-electron chi connectivity index (χ4n) is 4.24. The zero-order valence-corrected chi connectivity index (χ0v) is 17.1. The van der Waals surface area contributed by atoms with E-state index in [2.05, 4.69) is 40.7 Å². The number of aromatic nitrogens is 2. The average Bonchev–Trinajstić information content (AvgIpc) is 3.09. The van der Waals surface area contributed by atoms with Gasteiger partial charge in [-0.05, 0) is 32.6 Å². The summed E-state index contributed by atoms with van der Waals surface area (Å²) in [5.74, 6) is 0.870. The van der Waals surface area contributed by atoms with Gasteiger partial charge in [-0.3, -0.25) is 9.67 Å². The second-order valence-electron chi connectivity index (χ2n) is 8.41. The van der Waals surface area contributed by atoms with E-state index < -0.39 is 0 Å². The molecule has 0 bridgehead atoms. The van der Waals surface area contributed by atoms with E-state index in [1.165, 1.54) is 12.1 Å². The minimum absolute atomic E-state index is 0.102. The van der Waals surface area contributed by atoms with Crippen LogP contribution < -0.4 is 15.5 Å². The third-order valence-corrected chi connectivity index (χ3v) is 6.04. The first-order valence-electron chi connectivity index (χ1n) is 10.5. The average molecular weight is 377 g/mol. The Morgan fingerprint density at radius 3 is 2.93 bits per heavy atom. The summed E-state index contributed by atoms with van der Waals surface area (Å²) in [5.41, 5.74) is 1.08. The normalized spacial score (nSPS) is 29.6. The number of anilines is 1. The van der Waals surface area contributed by atoms with Crippen LogP contribution in [0.4, 0.5) is 5.69 Å². The molecular formula is C20H36N6O. The number of aliphatic hydroxyl groups excluding tert-OH is 1. The van der Waals surface area contributed by atoms with Gasteiger partial charge < -0.3 is 20.6 Å². The van der Waals surface area contributed by atoms with E-state index in [0.29, 0.717) is 12.6 Å². The number of aryl methyl sites for hydroxylation is 1. The molecule has 0 amide bonds. The molecule has 3 rings (SSSR count). The highest BCUT2D eigenvalue weighted by Gasteiger charge is 2.35. The van der Waals surface area contributed by atoms with Crippen molar-refractivity contribution in [2.75, 3.05) is 31.1 Å². The smallest absolute Gasteiger partial charge is 0.191 e. The summed E-state index contributed by atoms with van der Waals surface area (Å²) in [6, 6.07) is 0.362. The molecule has 27 heavy (non-hydrogen) atoms. The van der Waals surface area contributed by atoms with Crippen molar-refractivity contribution in [3.05, 3.63) is 12.4 Å². The summed E-state index contributed by atoms with van der Waals surface area (Å²) >= 11 is 0. The monoisotopic (exact) mass is 376 g/mol. The van der Waals surface area contributed by atoms with Crippen molar-refractivity contribution in [2.45, 2.75) is 64.5 Å². The highest BCUT2D eigenvalue weighted by atomic mass is 16.3. The van der Waals surface area contributed by atoms with Gasteiger partial charge in [0.25, 0.3) is 0 Å². The van der Waals surface area contributed by atoms with Gasteiger partial charge in [-0.2, -0.15) is 5.10 Å². The van der Waals surface area contributed by atoms with Crippen molar-refractivity contribution < 1.29 is 5.11 Å². The molecule has 3 atom stereocenters. The Bertz CT molecular complexity index is 630. The minimum Gasteiger partial charge on any atom is -0.392 e. The lowest BCUT2D eigenvalue weighted by Gasteiger charge is -2.38. The second kappa shape index (κ2) is 8.95. The molecule has 152 valence electrons. The van der Waals surface area contributed by atoms with Crippen LogP contribution in [-0.2, 0) is 7.05 Å². The van der Waals surface area contributed by atoms with E-state index in [0.717, 1.165) is 57.7 Å². The molecule has 0 aromatic carbocycles. The quantitative estimate of drug-likeness (QED) is 0.540. The Hall–Kier alpha value is -1.76. The van der Waals surface area contributed by atoms with Gasteiger partial charge >= 0.3 is 0 Å². The van der Waals surface area contributed by atoms with Crippen LogP contribution in [0.1, 0.15) is 52.4 Å². The Kier molecular flexibility index (Phi) is 6.63. The molecule has 1 aromatic rings. The van der Waals surface area contributed by atoms with Crippen LogP contribution in [0.15, 0.2) is 17.4 Å². The number of aliphatic imine (C=N–C) groups is 1. The van der Waals surface area contributed by atoms with Crippen LogP contribution >= 0.6 is 0 Å². The third-order valence-electron chi connectivity index (χ3n) is 6.04. The lowest BCUT2D eigenvalue weighted by Crippen LogP contribution is -2.51. The van der Waals surface area contributed by atoms with Crippen molar-refractivity contribution in [1.29, 1.82) is 0 Å². The van der Waals surface area contributed by atoms with E-state index in [9.17, 15) is 5.11 Å². The molecule has 1 saturated heterocycles. The van der Waals surface area contributed by atoms with E-state index in [1.54, 1.807) is 0 Å². The Balaban J connectivity index is 1.61. The molecule has 2 fully saturated rings. The summed E-state index contributed by atoms with van der Waals surface area (Å²) < 4.78 is 1.86. The summed E-state index contributed by atoms with van der Waals surface area (Å²) in [6.45, 7) is 7.80. The van der Waals surface area contributed by atoms with E-state index >= 15 is 0 Å². The number of guanidine groups is 1. The standard InChI is InChI=1S/C20H36N6O/c1-4-21-19(22-15-20(2)10-6-5-9-18(20)27)24-16-8-7-11-26(13-16)17-12-23-25(3)14-17/h12,14,16,18,27H,4-11,13,15H2,1-3H3,(H2,21,22,24). The lowest BCUT2D eigenvalue weighted by molar-refractivity contribution is 0.00715. The first-order chi connectivity index (χ1) is 13.0. The molecule has 7 heteroatoms. The minimum atomic E-state index is -0.242. The van der Waals surface area contributed by atoms with Gasteiger partial charge in [0, 0.05) is 44.3 Å². The topological polar surface area (TPSA) is 77.7 Å². The maximum Gasteiger partial charge on any atom is 0.191 e. The molecule has 1 saturated carbocycles. The SMILES string of the molecule is CCNC(=NCC1(C)CCCCC1O)NC1CCCN(c2cnn(C)c2)C1. The zero-order chi connectivity index (χ0) is 19.3. The van der Waals surface area contributed by atoms with Crippen molar-refractivity contribution in [3.8, 4) is 0 Å². The van der Waals surface area contributed by atoms with Crippen molar-refractivity contribution in [1.82, 2.24) is 20.4 Å². The lowest BCUT2D eigenvalue weighted by atomic mass is 9.73. The fourth-order valence-corrected chi connectivity index (χ4v) is 4.24. The predicted octanol–water partition coefficient (Wildman–Crippen LogP) is 1.89. The molecular weight excluding hydrogens is 340 g/mol. The third kappa shape index (κ3) is 5.15. The largest absolute Gasteiger partial charge is 0.392 e. The summed E-state index contributed by atoms with van der Waals surface area (Å²) in [6.07, 6.45) is 10.3. The summed E-state index contributed by atoms with van der Waals surface area (Å²) in [5, 5.41) is 21.7. The van der Waals surface area contributed by atoms with Gasteiger partial charge in [0.2, 0.25) is 0 Å². The van der Waals surface area contributed by atoms with E-state index in [-0.39, 0.29) is 11.5 Å². The molecule has 2 heterocycles. The van der Waals surface area contributed by atoms with E-state index in [1.807, 2.05) is 17.9 Å². The van der Waals surface area contributed by atoms with Crippen LogP contribution in [0.2, 0.25) is 0 Å². The Morgan fingerprint density at radius 1 is 1.37 bits per heavy atom. The summed E-state index contributed by atoms with van der Waals surface area (Å²) in [7, 11) is 1.96. The van der Waals surface area contributed by atoms with E-state index in [4.69, 9.17) is 4.99 Å². The Morgan fingerprint density at radius 2 is 2.22 bits per heavy atom. The highest BCUT2D eigenvalue weighted by Crippen LogP contribution is 2.36. The number of rotatable bonds is 5. The van der Waals surface area contributed by atoms with Gasteiger partial charge in [0.15, 0.2) is 5.96 Å². The van der Waals surface area contributed by atoms with Crippen LogP contribution in [0.25, 0.3) is 0 Å². The van der Waals surface area contributed by atoms with Crippen LogP contribution in [0.5, 0.6) is 0 Å². The molecule has 2 aliphatic rings. The molecule has 0 radical (unpaired) electrons. The number of nitrogens with one attached hydrogen (secondary N) is 2. The molecule has 1 aromatic heterocycles. The number of hydrogen-bond acceptors (Lipinski definition) is 4. The summed E-state index contributed by atoms with van der Waals surface area (Å²) in [4.78, 5) is 7.25. The van der Waals surface area contributed by atoms with Crippen LogP contribution in [0, 0.1) is 5.41 Å². The molecule has 3 unspecified atom stereocenters. The first-order valence-corrected chi connectivity index (χ1v) is 10.5. The number of hydrogen-bond donors (Lipinski definition) is 3. The van der Waals surface area contributed by atoms with Gasteiger partial charge in [0.05, 0.1) is 24.5 Å². The highest BCUT2D eigenvalue weighted by molar-refractivity contribution is 5.80. The van der Waals surface area contributed by atoms with Gasteiger partial charge in [0.1, 0.15) is 0 Å².